The van der Waals surface area contributed by atoms with Gasteiger partial charge < -0.3 is 19.3 Å². The molecule has 0 radical (unpaired) electrons. The van der Waals surface area contributed by atoms with Crippen LogP contribution >= 0.6 is 0 Å². The second-order valence-electron chi connectivity index (χ2n) is 10.3. The minimum absolute atomic E-state index is 0.0243. The van der Waals surface area contributed by atoms with E-state index < -0.39 is 0 Å². The molecular formula is C26H31N7O4. The predicted octanol–water partition coefficient (Wildman–Crippen LogP) is 2.20. The second kappa shape index (κ2) is 8.76. The van der Waals surface area contributed by atoms with Gasteiger partial charge in [0.05, 0.1) is 18.9 Å². The zero-order valence-electron chi connectivity index (χ0n) is 21.4. The number of piperidine rings is 1. The Hall–Kier alpha value is -3.60. The van der Waals surface area contributed by atoms with E-state index in [4.69, 9.17) is 9.72 Å². The molecule has 1 saturated heterocycles. The molecule has 1 atom stereocenters. The van der Waals surface area contributed by atoms with E-state index in [0.29, 0.717) is 63.0 Å². The van der Waals surface area contributed by atoms with E-state index in [0.717, 1.165) is 29.7 Å². The van der Waals surface area contributed by atoms with Crippen molar-refractivity contribution < 1.29 is 14.6 Å². The SMILES string of the molecule is CCn1c2c(c(=O)n3nc(C4=CCOCC4)nc13)C1(CCN(C(=O)c3ncnc(C)c3O)CC1)CC2C. The number of fused-ring (bicyclic) bond motifs is 3. The third-order valence-electron chi connectivity index (χ3n) is 8.26. The second-order valence-corrected chi connectivity index (χ2v) is 10.3. The number of hydrogen-bond acceptors (Lipinski definition) is 8. The number of carbonyl (C=O) groups is 1. The number of carbonyl (C=O) groups excluding carboxylic acids is 1. The molecule has 3 aromatic heterocycles. The van der Waals surface area contributed by atoms with Gasteiger partial charge >= 0.3 is 0 Å². The van der Waals surface area contributed by atoms with Gasteiger partial charge in [-0.1, -0.05) is 13.0 Å². The van der Waals surface area contributed by atoms with Crippen molar-refractivity contribution in [2.45, 2.75) is 64.3 Å². The maximum atomic E-state index is 14.0. The highest BCUT2D eigenvalue weighted by Crippen LogP contribution is 2.50. The molecule has 0 aromatic carbocycles. The first-order valence-corrected chi connectivity index (χ1v) is 13.0. The van der Waals surface area contributed by atoms with Crippen LogP contribution in [0, 0.1) is 6.92 Å². The largest absolute Gasteiger partial charge is 0.504 e. The fourth-order valence-electron chi connectivity index (χ4n) is 6.41. The summed E-state index contributed by atoms with van der Waals surface area (Å²) in [6, 6.07) is 0. The van der Waals surface area contributed by atoms with Crippen molar-refractivity contribution in [1.82, 2.24) is 34.0 Å². The molecule has 1 aliphatic carbocycles. The lowest BCUT2D eigenvalue weighted by Gasteiger charge is -2.39. The normalized spacial score (nSPS) is 20.9. The molecule has 6 rings (SSSR count). The molecule has 3 aliphatic rings. The molecule has 1 unspecified atom stereocenters. The topological polar surface area (TPSA) is 128 Å². The highest BCUT2D eigenvalue weighted by atomic mass is 16.5. The highest BCUT2D eigenvalue weighted by Gasteiger charge is 2.49. The Balaban J connectivity index is 1.38. The minimum atomic E-state index is -0.332. The van der Waals surface area contributed by atoms with E-state index in [1.807, 2.05) is 6.08 Å². The summed E-state index contributed by atoms with van der Waals surface area (Å²) < 4.78 is 9.05. The molecule has 1 spiro atoms. The number of aromatic nitrogens is 6. The molecule has 194 valence electrons. The molecule has 0 bridgehead atoms. The number of amides is 1. The Morgan fingerprint density at radius 2 is 2.05 bits per heavy atom. The van der Waals surface area contributed by atoms with Crippen molar-refractivity contribution in [3.05, 3.63) is 51.2 Å². The number of ether oxygens (including phenoxy) is 1. The van der Waals surface area contributed by atoms with Crippen molar-refractivity contribution >= 4 is 17.3 Å². The van der Waals surface area contributed by atoms with Crippen molar-refractivity contribution in [2.24, 2.45) is 0 Å². The van der Waals surface area contributed by atoms with Gasteiger partial charge in [-0.05, 0) is 51.0 Å². The zero-order chi connectivity index (χ0) is 25.9. The highest BCUT2D eigenvalue weighted by molar-refractivity contribution is 5.95. The van der Waals surface area contributed by atoms with Crippen LogP contribution in [0.4, 0.5) is 0 Å². The summed E-state index contributed by atoms with van der Waals surface area (Å²) in [5.41, 5.74) is 2.84. The van der Waals surface area contributed by atoms with Crippen LogP contribution in [0.15, 0.2) is 17.2 Å². The Morgan fingerprint density at radius 3 is 2.76 bits per heavy atom. The fourth-order valence-corrected chi connectivity index (χ4v) is 6.41. The van der Waals surface area contributed by atoms with Crippen LogP contribution in [-0.4, -0.2) is 71.4 Å². The van der Waals surface area contributed by atoms with Gasteiger partial charge in [0, 0.05) is 36.3 Å². The Bertz CT molecular complexity index is 1500. The molecule has 5 heterocycles. The van der Waals surface area contributed by atoms with Crippen LogP contribution < -0.4 is 5.56 Å². The van der Waals surface area contributed by atoms with Gasteiger partial charge in [0.2, 0.25) is 5.78 Å². The summed E-state index contributed by atoms with van der Waals surface area (Å²) >= 11 is 0. The smallest absolute Gasteiger partial charge is 0.279 e. The van der Waals surface area contributed by atoms with Crippen LogP contribution in [0.5, 0.6) is 5.75 Å². The molecule has 11 heteroatoms. The number of aromatic hydroxyl groups is 1. The van der Waals surface area contributed by atoms with Gasteiger partial charge in [0.15, 0.2) is 17.3 Å². The van der Waals surface area contributed by atoms with Crippen LogP contribution in [0.25, 0.3) is 11.4 Å². The Kier molecular flexibility index (Phi) is 5.63. The standard InChI is InChI=1S/C26H31N7O4/c1-4-32-20-15(2)13-26(7-9-31(10-8-26)24(36)19-21(34)16(3)27-14-28-19)18(20)23(35)33-25(32)29-22(30-33)17-5-11-37-12-6-17/h5,14-15,34H,4,6-13H2,1-3H3. The quantitative estimate of drug-likeness (QED) is 0.574. The molecule has 0 saturated carbocycles. The third kappa shape index (κ3) is 3.58. The molecule has 37 heavy (non-hydrogen) atoms. The Morgan fingerprint density at radius 1 is 1.27 bits per heavy atom. The van der Waals surface area contributed by atoms with E-state index in [-0.39, 0.29) is 34.2 Å². The predicted molar refractivity (Wildman–Crippen MR) is 135 cm³/mol. The van der Waals surface area contributed by atoms with Crippen molar-refractivity contribution in [3.63, 3.8) is 0 Å². The molecule has 1 N–H and O–H groups in total. The summed E-state index contributed by atoms with van der Waals surface area (Å²) in [6.07, 6.45) is 6.18. The Labute approximate surface area is 213 Å². The van der Waals surface area contributed by atoms with Crippen LogP contribution in [-0.2, 0) is 16.7 Å². The molecule has 2 aliphatic heterocycles. The number of rotatable bonds is 3. The van der Waals surface area contributed by atoms with Crippen LogP contribution in [0.2, 0.25) is 0 Å². The molecular weight excluding hydrogens is 474 g/mol. The lowest BCUT2D eigenvalue weighted by atomic mass is 9.73. The van der Waals surface area contributed by atoms with Gasteiger partial charge in [-0.3, -0.25) is 9.59 Å². The zero-order valence-corrected chi connectivity index (χ0v) is 21.4. The maximum absolute atomic E-state index is 14.0. The first kappa shape index (κ1) is 23.8. The number of aryl methyl sites for hydroxylation is 2. The monoisotopic (exact) mass is 505 g/mol. The van der Waals surface area contributed by atoms with E-state index in [2.05, 4.69) is 33.5 Å². The summed E-state index contributed by atoms with van der Waals surface area (Å²) in [4.78, 5) is 41.6. The van der Waals surface area contributed by atoms with Crippen molar-refractivity contribution in [2.75, 3.05) is 26.3 Å². The number of nitrogens with zero attached hydrogens (tertiary/aromatic N) is 7. The van der Waals surface area contributed by atoms with E-state index in [9.17, 15) is 14.7 Å². The summed E-state index contributed by atoms with van der Waals surface area (Å²) in [7, 11) is 0. The first-order valence-electron chi connectivity index (χ1n) is 13.0. The average molecular weight is 506 g/mol. The van der Waals surface area contributed by atoms with Gasteiger partial charge in [0.25, 0.3) is 11.5 Å². The minimum Gasteiger partial charge on any atom is -0.504 e. The van der Waals surface area contributed by atoms with E-state index >= 15 is 0 Å². The lowest BCUT2D eigenvalue weighted by molar-refractivity contribution is 0.0653. The van der Waals surface area contributed by atoms with Gasteiger partial charge in [-0.2, -0.15) is 9.50 Å². The molecule has 3 aromatic rings. The summed E-state index contributed by atoms with van der Waals surface area (Å²) in [5.74, 6) is 0.873. The van der Waals surface area contributed by atoms with Crippen LogP contribution in [0.3, 0.4) is 0 Å². The third-order valence-corrected chi connectivity index (χ3v) is 8.26. The van der Waals surface area contributed by atoms with Crippen molar-refractivity contribution in [3.8, 4) is 5.75 Å². The maximum Gasteiger partial charge on any atom is 0.279 e. The van der Waals surface area contributed by atoms with E-state index in [1.165, 1.54) is 10.8 Å². The summed E-state index contributed by atoms with van der Waals surface area (Å²) in [5, 5.41) is 15.0. The molecule has 11 nitrogen and oxygen atoms in total. The molecule has 1 amide bonds. The number of hydrogen-bond donors (Lipinski definition) is 1. The van der Waals surface area contributed by atoms with Gasteiger partial charge in [-0.25, -0.2) is 9.97 Å². The average Bonchev–Trinajstić information content (AvgIpc) is 3.47. The summed E-state index contributed by atoms with van der Waals surface area (Å²) in [6.45, 7) is 8.68. The van der Waals surface area contributed by atoms with E-state index in [1.54, 1.807) is 11.8 Å². The van der Waals surface area contributed by atoms with Gasteiger partial charge in [-0.15, -0.1) is 5.10 Å². The van der Waals surface area contributed by atoms with Crippen LogP contribution in [0.1, 0.15) is 78.7 Å². The van der Waals surface area contributed by atoms with Gasteiger partial charge in [0.1, 0.15) is 6.33 Å². The van der Waals surface area contributed by atoms with Crippen molar-refractivity contribution in [1.29, 1.82) is 0 Å². The number of likely N-dealkylation sites (tertiary alicyclic amines) is 1. The first-order chi connectivity index (χ1) is 17.8. The lowest BCUT2D eigenvalue weighted by Crippen LogP contribution is -2.46. The molecule has 1 fully saturated rings. The fraction of sp³-hybridized carbons (Fsp3) is 0.538.